The highest BCUT2D eigenvalue weighted by Crippen LogP contribution is 2.29. The van der Waals surface area contributed by atoms with Crippen LogP contribution in [0.1, 0.15) is 11.4 Å². The Hall–Kier alpha value is -2.20. The van der Waals surface area contributed by atoms with Gasteiger partial charge < -0.3 is 10.2 Å². The van der Waals surface area contributed by atoms with Crippen LogP contribution in [0, 0.1) is 6.92 Å². The van der Waals surface area contributed by atoms with Crippen molar-refractivity contribution >= 4 is 11.1 Å². The Balaban J connectivity index is 2.26. The van der Waals surface area contributed by atoms with Crippen LogP contribution < -0.4 is 5.73 Å². The number of aryl methyl sites for hydroxylation is 1. The molecule has 0 spiro atoms. The van der Waals surface area contributed by atoms with Crippen LogP contribution in [0.5, 0.6) is 0 Å². The number of hydrogen-bond donors (Lipinski definition) is 1. The summed E-state index contributed by atoms with van der Waals surface area (Å²) < 4.78 is 5.41. The summed E-state index contributed by atoms with van der Waals surface area (Å²) in [6, 6.07) is 10.1. The minimum Gasteiger partial charge on any atom is -0.446 e. The van der Waals surface area contributed by atoms with Crippen molar-refractivity contribution in [1.29, 1.82) is 0 Å². The maximum absolute atomic E-state index is 5.59. The number of fused-ring (bicyclic) bond motifs is 1. The minimum absolute atomic E-state index is 0.527. The quantitative estimate of drug-likeness (QED) is 0.779. The first-order valence-electron chi connectivity index (χ1n) is 6.30. The van der Waals surface area contributed by atoms with Gasteiger partial charge in [0.2, 0.25) is 5.71 Å². The predicted octanol–water partition coefficient (Wildman–Crippen LogP) is 2.70. The van der Waals surface area contributed by atoms with Gasteiger partial charge in [0.15, 0.2) is 0 Å². The maximum atomic E-state index is 5.59. The number of nitrogens with zero attached hydrogens (tertiary/aromatic N) is 2. The molecular formula is C15H15N3O. The van der Waals surface area contributed by atoms with Crippen molar-refractivity contribution in [3.05, 3.63) is 48.0 Å². The topological polar surface area (TPSA) is 64.9 Å². The molecule has 1 aromatic carbocycles. The molecule has 2 heterocycles. The van der Waals surface area contributed by atoms with Crippen LogP contribution in [0.15, 0.2) is 41.0 Å². The summed E-state index contributed by atoms with van der Waals surface area (Å²) in [4.78, 5) is 9.03. The molecule has 0 fully saturated rings. The highest BCUT2D eigenvalue weighted by molar-refractivity contribution is 5.90. The van der Waals surface area contributed by atoms with Crippen LogP contribution in [0.3, 0.4) is 0 Å². The van der Waals surface area contributed by atoms with Crippen LogP contribution in [0.2, 0.25) is 0 Å². The standard InChI is InChI=1S/C15H15N3O/c1-10-4-2-3-5-11(10)14-12-7-9-19-15(12)18-13(17-14)6-8-16/h2-5,7,9H,6,8,16H2,1H3. The Morgan fingerprint density at radius 2 is 2.00 bits per heavy atom. The summed E-state index contributed by atoms with van der Waals surface area (Å²) in [5.41, 5.74) is 9.42. The van der Waals surface area contributed by atoms with Gasteiger partial charge in [-0.1, -0.05) is 24.3 Å². The third-order valence-corrected chi connectivity index (χ3v) is 3.14. The summed E-state index contributed by atoms with van der Waals surface area (Å²) in [6.45, 7) is 2.60. The molecule has 0 radical (unpaired) electrons. The molecule has 0 aliphatic carbocycles. The maximum Gasteiger partial charge on any atom is 0.229 e. The number of nitrogens with two attached hydrogens (primary N) is 1. The Bertz CT molecular complexity index is 718. The second kappa shape index (κ2) is 4.82. The molecule has 19 heavy (non-hydrogen) atoms. The third kappa shape index (κ3) is 2.11. The largest absolute Gasteiger partial charge is 0.446 e. The zero-order valence-corrected chi connectivity index (χ0v) is 10.8. The Morgan fingerprint density at radius 3 is 2.79 bits per heavy atom. The average molecular weight is 253 g/mol. The zero-order valence-electron chi connectivity index (χ0n) is 10.8. The molecule has 4 heteroatoms. The van der Waals surface area contributed by atoms with Crippen LogP contribution in [-0.4, -0.2) is 16.5 Å². The first-order chi connectivity index (χ1) is 9.29. The SMILES string of the molecule is Cc1ccccc1-c1nc(CCN)nc2occc12. The van der Waals surface area contributed by atoms with Gasteiger partial charge in [-0.15, -0.1) is 0 Å². The fraction of sp³-hybridized carbons (Fsp3) is 0.200. The minimum atomic E-state index is 0.527. The van der Waals surface area contributed by atoms with Crippen molar-refractivity contribution in [2.45, 2.75) is 13.3 Å². The van der Waals surface area contributed by atoms with Crippen molar-refractivity contribution < 1.29 is 4.42 Å². The summed E-state index contributed by atoms with van der Waals surface area (Å²) in [5, 5.41) is 0.940. The van der Waals surface area contributed by atoms with Crippen molar-refractivity contribution in [3.8, 4) is 11.3 Å². The summed E-state index contributed by atoms with van der Waals surface area (Å²) >= 11 is 0. The average Bonchev–Trinajstić information content (AvgIpc) is 2.87. The number of hydrogen-bond acceptors (Lipinski definition) is 4. The molecule has 0 bridgehead atoms. The lowest BCUT2D eigenvalue weighted by Crippen LogP contribution is -2.07. The molecule has 0 unspecified atom stereocenters. The van der Waals surface area contributed by atoms with Gasteiger partial charge >= 0.3 is 0 Å². The van der Waals surface area contributed by atoms with E-state index >= 15 is 0 Å². The monoisotopic (exact) mass is 253 g/mol. The van der Waals surface area contributed by atoms with E-state index in [2.05, 4.69) is 29.0 Å². The van der Waals surface area contributed by atoms with Gasteiger partial charge in [-0.05, 0) is 25.1 Å². The zero-order chi connectivity index (χ0) is 13.2. The van der Waals surface area contributed by atoms with E-state index in [0.717, 1.165) is 22.5 Å². The predicted molar refractivity (Wildman–Crippen MR) is 74.7 cm³/mol. The number of benzene rings is 1. The molecule has 0 aliphatic rings. The lowest BCUT2D eigenvalue weighted by Gasteiger charge is -2.07. The van der Waals surface area contributed by atoms with Crippen LogP contribution in [0.25, 0.3) is 22.4 Å². The second-order valence-electron chi connectivity index (χ2n) is 4.48. The highest BCUT2D eigenvalue weighted by atomic mass is 16.3. The molecule has 0 saturated heterocycles. The number of rotatable bonds is 3. The Labute approximate surface area is 111 Å². The summed E-state index contributed by atoms with van der Waals surface area (Å²) in [7, 11) is 0. The number of furan rings is 1. The van der Waals surface area contributed by atoms with Gasteiger partial charge in [-0.3, -0.25) is 0 Å². The highest BCUT2D eigenvalue weighted by Gasteiger charge is 2.13. The van der Waals surface area contributed by atoms with E-state index in [4.69, 9.17) is 10.2 Å². The van der Waals surface area contributed by atoms with Gasteiger partial charge in [0.05, 0.1) is 17.3 Å². The molecule has 96 valence electrons. The second-order valence-corrected chi connectivity index (χ2v) is 4.48. The van der Waals surface area contributed by atoms with E-state index in [1.807, 2.05) is 18.2 Å². The van der Waals surface area contributed by atoms with E-state index in [9.17, 15) is 0 Å². The molecule has 3 aromatic rings. The van der Waals surface area contributed by atoms with Gasteiger partial charge in [0, 0.05) is 12.0 Å². The first-order valence-corrected chi connectivity index (χ1v) is 6.30. The lowest BCUT2D eigenvalue weighted by atomic mass is 10.0. The van der Waals surface area contributed by atoms with E-state index in [1.54, 1.807) is 6.26 Å². The molecular weight excluding hydrogens is 238 g/mol. The lowest BCUT2D eigenvalue weighted by molar-refractivity contribution is 0.599. The van der Waals surface area contributed by atoms with E-state index < -0.39 is 0 Å². The van der Waals surface area contributed by atoms with E-state index in [-0.39, 0.29) is 0 Å². The summed E-state index contributed by atoms with van der Waals surface area (Å²) in [5.74, 6) is 0.725. The summed E-state index contributed by atoms with van der Waals surface area (Å²) in [6.07, 6.45) is 2.29. The Morgan fingerprint density at radius 1 is 1.16 bits per heavy atom. The van der Waals surface area contributed by atoms with Crippen molar-refractivity contribution in [2.75, 3.05) is 6.54 Å². The first kappa shape index (κ1) is 11.9. The molecule has 2 aromatic heterocycles. The van der Waals surface area contributed by atoms with Gasteiger partial charge in [-0.25, -0.2) is 4.98 Å². The third-order valence-electron chi connectivity index (χ3n) is 3.14. The van der Waals surface area contributed by atoms with Crippen LogP contribution in [-0.2, 0) is 6.42 Å². The van der Waals surface area contributed by atoms with Crippen LogP contribution >= 0.6 is 0 Å². The molecule has 0 amide bonds. The molecule has 4 nitrogen and oxygen atoms in total. The Kier molecular flexibility index (Phi) is 3.01. The van der Waals surface area contributed by atoms with E-state index in [0.29, 0.717) is 18.7 Å². The molecule has 3 rings (SSSR count). The molecule has 0 atom stereocenters. The smallest absolute Gasteiger partial charge is 0.229 e. The van der Waals surface area contributed by atoms with Crippen LogP contribution in [0.4, 0.5) is 0 Å². The van der Waals surface area contributed by atoms with Gasteiger partial charge in [0.1, 0.15) is 5.82 Å². The van der Waals surface area contributed by atoms with E-state index in [1.165, 1.54) is 5.56 Å². The fourth-order valence-corrected chi connectivity index (χ4v) is 2.18. The molecule has 0 saturated carbocycles. The van der Waals surface area contributed by atoms with Crippen molar-refractivity contribution in [2.24, 2.45) is 5.73 Å². The van der Waals surface area contributed by atoms with Gasteiger partial charge in [-0.2, -0.15) is 4.98 Å². The number of aromatic nitrogens is 2. The van der Waals surface area contributed by atoms with Crippen molar-refractivity contribution in [1.82, 2.24) is 9.97 Å². The van der Waals surface area contributed by atoms with Crippen molar-refractivity contribution in [3.63, 3.8) is 0 Å². The normalized spacial score (nSPS) is 11.1. The molecule has 0 aliphatic heterocycles. The van der Waals surface area contributed by atoms with Gasteiger partial charge in [0.25, 0.3) is 0 Å². The fourth-order valence-electron chi connectivity index (χ4n) is 2.18. The molecule has 2 N–H and O–H groups in total.